The fourth-order valence-electron chi connectivity index (χ4n) is 3.07. The van der Waals surface area contributed by atoms with Crippen molar-refractivity contribution in [3.05, 3.63) is 56.3 Å². The molecule has 3 amide bonds. The van der Waals surface area contributed by atoms with Crippen molar-refractivity contribution in [2.45, 2.75) is 13.0 Å². The summed E-state index contributed by atoms with van der Waals surface area (Å²) in [7, 11) is 2.60. The number of halogens is 2. The summed E-state index contributed by atoms with van der Waals surface area (Å²) in [5.74, 6) is -1.56. The fourth-order valence-corrected chi connectivity index (χ4v) is 4.76. The number of anilines is 1. The van der Waals surface area contributed by atoms with Crippen molar-refractivity contribution >= 4 is 69.1 Å². The van der Waals surface area contributed by atoms with Crippen LogP contribution in [0.3, 0.4) is 0 Å². The van der Waals surface area contributed by atoms with Gasteiger partial charge >= 0.3 is 5.97 Å². The molecule has 184 valence electrons. The minimum atomic E-state index is -1.05. The maximum absolute atomic E-state index is 13.0. The number of carbonyl (C=O) groups excluding carboxylic acids is 4. The van der Waals surface area contributed by atoms with Gasteiger partial charge in [0.15, 0.2) is 18.1 Å². The van der Waals surface area contributed by atoms with Crippen LogP contribution in [0, 0.1) is 9.39 Å². The number of methoxy groups -OCH3 is 2. The zero-order chi connectivity index (χ0) is 25.7. The third-order valence-electron chi connectivity index (χ3n) is 4.78. The highest BCUT2D eigenvalue weighted by atomic mass is 127. The van der Waals surface area contributed by atoms with Gasteiger partial charge in [-0.05, 0) is 89.3 Å². The lowest BCUT2D eigenvalue weighted by atomic mass is 10.1. The van der Waals surface area contributed by atoms with Gasteiger partial charge in [-0.3, -0.25) is 19.3 Å². The molecule has 0 spiro atoms. The second-order valence-electron chi connectivity index (χ2n) is 7.13. The average molecular weight is 614 g/mol. The quantitative estimate of drug-likeness (QED) is 0.270. The standard InChI is InChI=1S/C23H20FIN2O7S/c1-12(22(30)33-3)27-21(29)18(35-23(27)31)10-13-8-16(25)20(17(9-13)32-2)34-11-19(28)26-15-6-4-14(24)5-7-15/h4-10,12H,11H2,1-3H3,(H,26,28)/b18-10+/t12-/m1/s1. The molecule has 0 unspecified atom stereocenters. The van der Waals surface area contributed by atoms with Crippen molar-refractivity contribution in [2.24, 2.45) is 0 Å². The van der Waals surface area contributed by atoms with E-state index in [-0.39, 0.29) is 11.5 Å². The number of nitrogens with one attached hydrogen (secondary N) is 1. The molecule has 0 aliphatic carbocycles. The Morgan fingerprint density at radius 3 is 2.51 bits per heavy atom. The number of hydrogen-bond donors (Lipinski definition) is 1. The zero-order valence-electron chi connectivity index (χ0n) is 18.8. The van der Waals surface area contributed by atoms with E-state index in [4.69, 9.17) is 9.47 Å². The number of ether oxygens (including phenoxy) is 3. The Kier molecular flexibility index (Phi) is 8.72. The molecule has 0 radical (unpaired) electrons. The van der Waals surface area contributed by atoms with E-state index in [1.807, 2.05) is 22.6 Å². The van der Waals surface area contributed by atoms with E-state index < -0.39 is 34.9 Å². The predicted octanol–water partition coefficient (Wildman–Crippen LogP) is 4.05. The van der Waals surface area contributed by atoms with Crippen LogP contribution >= 0.6 is 34.4 Å². The van der Waals surface area contributed by atoms with Crippen molar-refractivity contribution in [1.29, 1.82) is 0 Å². The summed E-state index contributed by atoms with van der Waals surface area (Å²) in [5, 5.41) is 2.02. The van der Waals surface area contributed by atoms with E-state index in [2.05, 4.69) is 10.1 Å². The van der Waals surface area contributed by atoms with E-state index >= 15 is 0 Å². The van der Waals surface area contributed by atoms with Crippen molar-refractivity contribution in [2.75, 3.05) is 26.1 Å². The van der Waals surface area contributed by atoms with E-state index in [0.717, 1.165) is 4.90 Å². The highest BCUT2D eigenvalue weighted by Crippen LogP contribution is 2.38. The van der Waals surface area contributed by atoms with Crippen molar-refractivity contribution in [3.8, 4) is 11.5 Å². The SMILES string of the molecule is COC(=O)[C@@H](C)N1C(=O)S/C(=C/c2cc(I)c(OCC(=O)Nc3ccc(F)cc3)c(OC)c2)C1=O. The molecule has 2 aromatic carbocycles. The van der Waals surface area contributed by atoms with Crippen molar-refractivity contribution < 1.29 is 37.8 Å². The van der Waals surface area contributed by atoms with Crippen LogP contribution in [-0.4, -0.2) is 54.8 Å². The molecule has 1 fully saturated rings. The van der Waals surface area contributed by atoms with Crippen LogP contribution in [0.15, 0.2) is 41.3 Å². The van der Waals surface area contributed by atoms with Crippen LogP contribution in [0.2, 0.25) is 0 Å². The van der Waals surface area contributed by atoms with Gasteiger partial charge in [0.05, 0.1) is 22.7 Å². The van der Waals surface area contributed by atoms with Crippen LogP contribution in [-0.2, 0) is 19.1 Å². The molecule has 35 heavy (non-hydrogen) atoms. The minimum absolute atomic E-state index is 0.135. The molecule has 0 saturated carbocycles. The Bertz CT molecular complexity index is 1200. The maximum atomic E-state index is 13.0. The first-order valence-electron chi connectivity index (χ1n) is 10.0. The molecule has 0 bridgehead atoms. The zero-order valence-corrected chi connectivity index (χ0v) is 21.8. The highest BCUT2D eigenvalue weighted by molar-refractivity contribution is 14.1. The summed E-state index contributed by atoms with van der Waals surface area (Å²) in [6, 6.07) is 7.55. The number of rotatable bonds is 8. The third kappa shape index (κ3) is 6.31. The largest absolute Gasteiger partial charge is 0.493 e. The Morgan fingerprint density at radius 2 is 1.89 bits per heavy atom. The van der Waals surface area contributed by atoms with Gasteiger partial charge in [-0.2, -0.15) is 0 Å². The van der Waals surface area contributed by atoms with Crippen molar-refractivity contribution in [1.82, 2.24) is 4.90 Å². The van der Waals surface area contributed by atoms with Crippen LogP contribution in [0.25, 0.3) is 6.08 Å². The first-order chi connectivity index (χ1) is 16.6. The van der Waals surface area contributed by atoms with Crippen LogP contribution < -0.4 is 14.8 Å². The number of esters is 1. The summed E-state index contributed by atoms with van der Waals surface area (Å²) in [5.41, 5.74) is 0.970. The second kappa shape index (κ2) is 11.5. The Balaban J connectivity index is 1.75. The number of imide groups is 1. The summed E-state index contributed by atoms with van der Waals surface area (Å²) in [4.78, 5) is 50.0. The van der Waals surface area contributed by atoms with Gasteiger partial charge in [-0.1, -0.05) is 0 Å². The lowest BCUT2D eigenvalue weighted by molar-refractivity contribution is -0.148. The summed E-state index contributed by atoms with van der Waals surface area (Å²) >= 11 is 2.71. The van der Waals surface area contributed by atoms with E-state index in [9.17, 15) is 23.6 Å². The molecule has 1 aliphatic heterocycles. The Hall–Kier alpha value is -3.13. The topological polar surface area (TPSA) is 111 Å². The third-order valence-corrected chi connectivity index (χ3v) is 6.46. The molecule has 9 nitrogen and oxygen atoms in total. The molecule has 1 aliphatic rings. The van der Waals surface area contributed by atoms with E-state index in [1.54, 1.807) is 12.1 Å². The van der Waals surface area contributed by atoms with Crippen LogP contribution in [0.4, 0.5) is 14.9 Å². The Labute approximate surface area is 218 Å². The molecule has 12 heteroatoms. The van der Waals surface area contributed by atoms with E-state index in [0.29, 0.717) is 38.1 Å². The smallest absolute Gasteiger partial charge is 0.328 e. The monoisotopic (exact) mass is 614 g/mol. The first kappa shape index (κ1) is 26.5. The number of carbonyl (C=O) groups is 4. The number of amides is 3. The number of hydrogen-bond acceptors (Lipinski definition) is 8. The van der Waals surface area contributed by atoms with Gasteiger partial charge in [-0.15, -0.1) is 0 Å². The average Bonchev–Trinajstić information content (AvgIpc) is 3.10. The highest BCUT2D eigenvalue weighted by Gasteiger charge is 2.41. The van der Waals surface area contributed by atoms with Gasteiger partial charge in [0, 0.05) is 5.69 Å². The molecule has 1 atom stereocenters. The minimum Gasteiger partial charge on any atom is -0.493 e. The summed E-state index contributed by atoms with van der Waals surface area (Å²) in [6.45, 7) is 1.09. The molecular formula is C23H20FIN2O7S. The normalized spacial score (nSPS) is 15.2. The van der Waals surface area contributed by atoms with Crippen LogP contribution in [0.5, 0.6) is 11.5 Å². The summed E-state index contributed by atoms with van der Waals surface area (Å²) < 4.78 is 29.2. The molecule has 1 saturated heterocycles. The number of benzene rings is 2. The fraction of sp³-hybridized carbons (Fsp3) is 0.217. The van der Waals surface area contributed by atoms with Crippen LogP contribution in [0.1, 0.15) is 12.5 Å². The molecule has 0 aromatic heterocycles. The second-order valence-corrected chi connectivity index (χ2v) is 9.28. The number of thioether (sulfide) groups is 1. The molecule has 1 N–H and O–H groups in total. The summed E-state index contributed by atoms with van der Waals surface area (Å²) in [6.07, 6.45) is 1.50. The molecule has 3 rings (SSSR count). The lowest BCUT2D eigenvalue weighted by Crippen LogP contribution is -2.42. The van der Waals surface area contributed by atoms with Gasteiger partial charge in [0.25, 0.3) is 17.1 Å². The van der Waals surface area contributed by atoms with Gasteiger partial charge in [-0.25, -0.2) is 9.18 Å². The van der Waals surface area contributed by atoms with Crippen molar-refractivity contribution in [3.63, 3.8) is 0 Å². The van der Waals surface area contributed by atoms with Gasteiger partial charge < -0.3 is 19.5 Å². The predicted molar refractivity (Wildman–Crippen MR) is 136 cm³/mol. The molecule has 2 aromatic rings. The Morgan fingerprint density at radius 1 is 1.20 bits per heavy atom. The van der Waals surface area contributed by atoms with Gasteiger partial charge in [0.1, 0.15) is 11.9 Å². The first-order valence-corrected chi connectivity index (χ1v) is 11.9. The molecule has 1 heterocycles. The van der Waals surface area contributed by atoms with E-state index in [1.165, 1.54) is 51.5 Å². The lowest BCUT2D eigenvalue weighted by Gasteiger charge is -2.18. The maximum Gasteiger partial charge on any atom is 0.328 e. The molecular weight excluding hydrogens is 594 g/mol. The van der Waals surface area contributed by atoms with Gasteiger partial charge in [0.2, 0.25) is 0 Å². The number of nitrogens with zero attached hydrogens (tertiary/aromatic N) is 1.